The van der Waals surface area contributed by atoms with Crippen LogP contribution in [-0.4, -0.2) is 31.7 Å². The van der Waals surface area contributed by atoms with Gasteiger partial charge in [0.2, 0.25) is 15.9 Å². The van der Waals surface area contributed by atoms with Crippen LogP contribution in [0.2, 0.25) is 0 Å². The maximum Gasteiger partial charge on any atom is 0.243 e. The maximum atomic E-state index is 13.1. The average Bonchev–Trinajstić information content (AvgIpc) is 2.74. The summed E-state index contributed by atoms with van der Waals surface area (Å²) in [7, 11) is -3.77. The van der Waals surface area contributed by atoms with E-state index in [2.05, 4.69) is 5.32 Å². The van der Waals surface area contributed by atoms with Crippen LogP contribution >= 0.6 is 0 Å². The van der Waals surface area contributed by atoms with Gasteiger partial charge in [-0.15, -0.1) is 0 Å². The van der Waals surface area contributed by atoms with E-state index in [-0.39, 0.29) is 17.3 Å². The normalized spacial score (nSPS) is 17.9. The third-order valence-electron chi connectivity index (χ3n) is 5.25. The first-order chi connectivity index (χ1) is 13.9. The van der Waals surface area contributed by atoms with Crippen molar-refractivity contribution in [1.82, 2.24) is 4.31 Å². The van der Waals surface area contributed by atoms with Gasteiger partial charge in [0.1, 0.15) is 5.82 Å². The van der Waals surface area contributed by atoms with Crippen LogP contribution in [0.5, 0.6) is 0 Å². The number of halogens is 1. The fourth-order valence-corrected chi connectivity index (χ4v) is 5.22. The molecular formula is C22H21FN2O3S. The number of benzene rings is 3. The quantitative estimate of drug-likeness (QED) is 0.704. The highest BCUT2D eigenvalue weighted by Gasteiger charge is 2.33. The van der Waals surface area contributed by atoms with E-state index >= 15 is 0 Å². The van der Waals surface area contributed by atoms with Crippen LogP contribution in [0.3, 0.4) is 0 Å². The Morgan fingerprint density at radius 3 is 2.52 bits per heavy atom. The van der Waals surface area contributed by atoms with Crippen molar-refractivity contribution in [3.63, 3.8) is 0 Å². The van der Waals surface area contributed by atoms with E-state index in [4.69, 9.17) is 0 Å². The topological polar surface area (TPSA) is 66.5 Å². The third kappa shape index (κ3) is 4.02. The second kappa shape index (κ2) is 7.93. The lowest BCUT2D eigenvalue weighted by Crippen LogP contribution is -2.43. The summed E-state index contributed by atoms with van der Waals surface area (Å²) in [4.78, 5) is 12.9. The number of piperidine rings is 1. The number of carbonyl (C=O) groups is 1. The molecule has 1 heterocycles. The number of rotatable bonds is 4. The van der Waals surface area contributed by atoms with Crippen molar-refractivity contribution >= 4 is 32.4 Å². The Morgan fingerprint density at radius 1 is 1.00 bits per heavy atom. The predicted molar refractivity (Wildman–Crippen MR) is 110 cm³/mol. The number of hydrogen-bond donors (Lipinski definition) is 1. The van der Waals surface area contributed by atoms with Gasteiger partial charge >= 0.3 is 0 Å². The SMILES string of the molecule is O=C(Nc1cccc2ccccc12)C1CCCN(S(=O)(=O)c2ccc(F)cc2)C1. The van der Waals surface area contributed by atoms with E-state index in [1.165, 1.54) is 16.4 Å². The maximum absolute atomic E-state index is 13.1. The summed E-state index contributed by atoms with van der Waals surface area (Å²) in [5.41, 5.74) is 0.714. The summed E-state index contributed by atoms with van der Waals surface area (Å²) in [5.74, 6) is -1.13. The molecule has 29 heavy (non-hydrogen) atoms. The van der Waals surface area contributed by atoms with Gasteiger partial charge < -0.3 is 5.32 Å². The number of nitrogens with one attached hydrogen (secondary N) is 1. The lowest BCUT2D eigenvalue weighted by molar-refractivity contribution is -0.120. The molecule has 3 aromatic carbocycles. The summed E-state index contributed by atoms with van der Waals surface area (Å²) in [6, 6.07) is 18.2. The van der Waals surface area contributed by atoms with E-state index in [1.54, 1.807) is 0 Å². The Balaban J connectivity index is 1.52. The minimum atomic E-state index is -3.77. The zero-order chi connectivity index (χ0) is 20.4. The molecule has 1 saturated heterocycles. The Morgan fingerprint density at radius 2 is 1.72 bits per heavy atom. The molecule has 4 rings (SSSR count). The lowest BCUT2D eigenvalue weighted by Gasteiger charge is -2.31. The summed E-state index contributed by atoms with van der Waals surface area (Å²) in [5, 5.41) is 4.93. The molecule has 0 bridgehead atoms. The van der Waals surface area contributed by atoms with Crippen LogP contribution in [0.25, 0.3) is 10.8 Å². The van der Waals surface area contributed by atoms with Crippen molar-refractivity contribution in [1.29, 1.82) is 0 Å². The van der Waals surface area contributed by atoms with Crippen LogP contribution in [0.15, 0.2) is 71.6 Å². The Hall–Kier alpha value is -2.77. The molecule has 1 aliphatic rings. The first kappa shape index (κ1) is 19.5. The van der Waals surface area contributed by atoms with Crippen molar-refractivity contribution < 1.29 is 17.6 Å². The number of amides is 1. The smallest absolute Gasteiger partial charge is 0.243 e. The standard InChI is InChI=1S/C22H21FN2O3S/c23-18-10-12-19(13-11-18)29(27,28)25-14-4-7-17(15-25)22(26)24-21-9-3-6-16-5-1-2-8-20(16)21/h1-3,5-6,8-13,17H,4,7,14-15H2,(H,24,26). The first-order valence-corrected chi connectivity index (χ1v) is 10.9. The molecule has 1 unspecified atom stereocenters. The Labute approximate surface area is 169 Å². The van der Waals surface area contributed by atoms with Crippen LogP contribution < -0.4 is 5.32 Å². The van der Waals surface area contributed by atoms with Gasteiger partial charge in [-0.05, 0) is 48.6 Å². The molecule has 7 heteroatoms. The molecule has 1 atom stereocenters. The predicted octanol–water partition coefficient (Wildman–Crippen LogP) is 4.02. The minimum absolute atomic E-state index is 0.0361. The van der Waals surface area contributed by atoms with Crippen molar-refractivity contribution in [3.05, 3.63) is 72.5 Å². The highest BCUT2D eigenvalue weighted by Crippen LogP contribution is 2.27. The molecule has 1 aliphatic heterocycles. The summed E-state index contributed by atoms with van der Waals surface area (Å²) in [6.45, 7) is 0.452. The molecule has 1 fully saturated rings. The Bertz CT molecular complexity index is 1140. The van der Waals surface area contributed by atoms with Gasteiger partial charge in [-0.2, -0.15) is 4.31 Å². The van der Waals surface area contributed by atoms with Crippen molar-refractivity contribution in [2.45, 2.75) is 17.7 Å². The zero-order valence-electron chi connectivity index (χ0n) is 15.7. The van der Waals surface area contributed by atoms with Crippen LogP contribution in [0.4, 0.5) is 10.1 Å². The van der Waals surface area contributed by atoms with E-state index in [0.717, 1.165) is 22.9 Å². The first-order valence-electron chi connectivity index (χ1n) is 9.49. The molecule has 0 radical (unpaired) electrons. The van der Waals surface area contributed by atoms with Gasteiger partial charge in [-0.25, -0.2) is 12.8 Å². The number of anilines is 1. The van der Waals surface area contributed by atoms with Gasteiger partial charge in [-0.3, -0.25) is 4.79 Å². The second-order valence-electron chi connectivity index (χ2n) is 7.17. The molecular weight excluding hydrogens is 391 g/mol. The highest BCUT2D eigenvalue weighted by molar-refractivity contribution is 7.89. The molecule has 150 valence electrons. The van der Waals surface area contributed by atoms with Gasteiger partial charge in [0, 0.05) is 24.2 Å². The summed E-state index contributed by atoms with van der Waals surface area (Å²) < 4.78 is 40.2. The van der Waals surface area contributed by atoms with Crippen molar-refractivity contribution in [3.8, 4) is 0 Å². The van der Waals surface area contributed by atoms with Crippen LogP contribution in [0.1, 0.15) is 12.8 Å². The van der Waals surface area contributed by atoms with Crippen molar-refractivity contribution in [2.24, 2.45) is 5.92 Å². The number of fused-ring (bicyclic) bond motifs is 1. The third-order valence-corrected chi connectivity index (χ3v) is 7.13. The van der Waals surface area contributed by atoms with E-state index < -0.39 is 21.8 Å². The molecule has 3 aromatic rings. The van der Waals surface area contributed by atoms with Crippen molar-refractivity contribution in [2.75, 3.05) is 18.4 Å². The number of nitrogens with zero attached hydrogens (tertiary/aromatic N) is 1. The fourth-order valence-electron chi connectivity index (χ4n) is 3.70. The molecule has 0 aliphatic carbocycles. The van der Waals surface area contributed by atoms with E-state index in [1.807, 2.05) is 42.5 Å². The average molecular weight is 412 g/mol. The van der Waals surface area contributed by atoms with E-state index in [9.17, 15) is 17.6 Å². The van der Waals surface area contributed by atoms with Gasteiger partial charge in [-0.1, -0.05) is 36.4 Å². The van der Waals surface area contributed by atoms with Gasteiger partial charge in [0.05, 0.1) is 10.8 Å². The van der Waals surface area contributed by atoms with Gasteiger partial charge in [0.15, 0.2) is 0 Å². The highest BCUT2D eigenvalue weighted by atomic mass is 32.2. The fraction of sp³-hybridized carbons (Fsp3) is 0.227. The molecule has 0 spiro atoms. The van der Waals surface area contributed by atoms with Crippen LogP contribution in [0, 0.1) is 11.7 Å². The lowest BCUT2D eigenvalue weighted by atomic mass is 9.98. The monoisotopic (exact) mass is 412 g/mol. The molecule has 0 aromatic heterocycles. The largest absolute Gasteiger partial charge is 0.325 e. The van der Waals surface area contributed by atoms with Crippen LogP contribution in [-0.2, 0) is 14.8 Å². The second-order valence-corrected chi connectivity index (χ2v) is 9.11. The van der Waals surface area contributed by atoms with Gasteiger partial charge in [0.25, 0.3) is 0 Å². The number of hydrogen-bond acceptors (Lipinski definition) is 3. The minimum Gasteiger partial charge on any atom is -0.325 e. The molecule has 5 nitrogen and oxygen atoms in total. The number of carbonyl (C=O) groups excluding carboxylic acids is 1. The zero-order valence-corrected chi connectivity index (χ0v) is 16.5. The van der Waals surface area contributed by atoms with E-state index in [0.29, 0.717) is 25.1 Å². The molecule has 0 saturated carbocycles. The number of sulfonamides is 1. The molecule has 1 N–H and O–H groups in total. The molecule has 1 amide bonds. The summed E-state index contributed by atoms with van der Waals surface area (Å²) >= 11 is 0. The summed E-state index contributed by atoms with van der Waals surface area (Å²) in [6.07, 6.45) is 1.21. The Kier molecular flexibility index (Phi) is 5.34.